The van der Waals surface area contributed by atoms with Gasteiger partial charge in [0.1, 0.15) is 5.56 Å². The van der Waals surface area contributed by atoms with Gasteiger partial charge in [-0.25, -0.2) is 4.79 Å². The molecule has 0 aromatic heterocycles. The molecule has 1 aliphatic rings. The molecule has 17 heavy (non-hydrogen) atoms. The first-order valence-electron chi connectivity index (χ1n) is 4.84. The summed E-state index contributed by atoms with van der Waals surface area (Å²) in [6.07, 6.45) is 0. The third-order valence-corrected chi connectivity index (χ3v) is 2.34. The van der Waals surface area contributed by atoms with E-state index >= 15 is 0 Å². The van der Waals surface area contributed by atoms with Crippen LogP contribution < -0.4 is 5.46 Å². The lowest BCUT2D eigenvalue weighted by Gasteiger charge is -2.05. The molecule has 8 heteroatoms. The molecule has 1 heterocycles. The molecule has 7 nitrogen and oxygen atoms in total. The summed E-state index contributed by atoms with van der Waals surface area (Å²) in [6.45, 7) is 0.832. The van der Waals surface area contributed by atoms with Gasteiger partial charge in [0.05, 0.1) is 18.1 Å². The largest absolute Gasteiger partial charge is 0.494 e. The Hall–Kier alpha value is -1.93. The first kappa shape index (κ1) is 11.6. The Labute approximate surface area is 96.2 Å². The third-order valence-electron chi connectivity index (χ3n) is 2.34. The minimum absolute atomic E-state index is 0.350. The molecule has 0 radical (unpaired) electrons. The first-order valence-corrected chi connectivity index (χ1v) is 4.84. The van der Waals surface area contributed by atoms with Gasteiger partial charge in [-0.3, -0.25) is 10.1 Å². The molecule has 2 rings (SSSR count). The SMILES string of the molecule is O=C(O)c1ccc(B2OCCO2)cc1[N+](=O)[O-]. The highest BCUT2D eigenvalue weighted by atomic mass is 16.6. The highest BCUT2D eigenvalue weighted by Crippen LogP contribution is 2.17. The van der Waals surface area contributed by atoms with Crippen LogP contribution in [0.4, 0.5) is 5.69 Å². The molecule has 0 bridgehead atoms. The molecule has 88 valence electrons. The van der Waals surface area contributed by atoms with Crippen LogP contribution in [0.1, 0.15) is 10.4 Å². The van der Waals surface area contributed by atoms with Crippen LogP contribution in [0.3, 0.4) is 0 Å². The molecule has 1 N–H and O–H groups in total. The molecule has 0 atom stereocenters. The molecule has 0 spiro atoms. The number of nitro benzene ring substituents is 1. The number of hydrogen-bond acceptors (Lipinski definition) is 5. The lowest BCUT2D eigenvalue weighted by molar-refractivity contribution is -0.385. The Morgan fingerprint density at radius 1 is 1.41 bits per heavy atom. The number of hydrogen-bond donors (Lipinski definition) is 1. The second kappa shape index (κ2) is 4.52. The molecule has 1 aromatic carbocycles. The molecule has 0 saturated carbocycles. The van der Waals surface area contributed by atoms with E-state index in [1.807, 2.05) is 0 Å². The van der Waals surface area contributed by atoms with Crippen molar-refractivity contribution in [2.45, 2.75) is 0 Å². The van der Waals surface area contributed by atoms with Crippen molar-refractivity contribution in [2.75, 3.05) is 13.2 Å². The van der Waals surface area contributed by atoms with E-state index in [0.717, 1.165) is 0 Å². The van der Waals surface area contributed by atoms with E-state index in [2.05, 4.69) is 0 Å². The zero-order valence-corrected chi connectivity index (χ0v) is 8.66. The lowest BCUT2D eigenvalue weighted by atomic mass is 9.79. The zero-order chi connectivity index (χ0) is 12.4. The van der Waals surface area contributed by atoms with Crippen molar-refractivity contribution < 1.29 is 24.1 Å². The Balaban J connectivity index is 2.41. The van der Waals surface area contributed by atoms with Gasteiger partial charge in [-0.2, -0.15) is 0 Å². The van der Waals surface area contributed by atoms with Gasteiger partial charge in [-0.05, 0) is 11.5 Å². The van der Waals surface area contributed by atoms with Crippen molar-refractivity contribution in [3.8, 4) is 0 Å². The topological polar surface area (TPSA) is 98.9 Å². The summed E-state index contributed by atoms with van der Waals surface area (Å²) in [5.74, 6) is -1.34. The highest BCUT2D eigenvalue weighted by Gasteiger charge is 2.30. The normalized spacial score (nSPS) is 14.9. The van der Waals surface area contributed by atoms with Gasteiger partial charge >= 0.3 is 13.1 Å². The molecule has 0 aliphatic carbocycles. The van der Waals surface area contributed by atoms with Gasteiger partial charge in [-0.15, -0.1) is 0 Å². The van der Waals surface area contributed by atoms with E-state index in [0.29, 0.717) is 18.7 Å². The second-order valence-corrected chi connectivity index (χ2v) is 3.41. The number of carbonyl (C=O) groups is 1. The summed E-state index contributed by atoms with van der Waals surface area (Å²) in [7, 11) is -0.656. The summed E-state index contributed by atoms with van der Waals surface area (Å²) >= 11 is 0. The number of nitro groups is 1. The summed E-state index contributed by atoms with van der Waals surface area (Å²) in [5, 5.41) is 19.6. The number of nitrogens with zero attached hydrogens (tertiary/aromatic N) is 1. The summed E-state index contributed by atoms with van der Waals surface area (Å²) in [5.41, 5.74) is -0.370. The van der Waals surface area contributed by atoms with Crippen molar-refractivity contribution >= 4 is 24.2 Å². The van der Waals surface area contributed by atoms with Gasteiger partial charge in [0.25, 0.3) is 5.69 Å². The van der Waals surface area contributed by atoms with Crippen LogP contribution in [0.15, 0.2) is 18.2 Å². The van der Waals surface area contributed by atoms with Crippen LogP contribution in [0.5, 0.6) is 0 Å². The summed E-state index contributed by atoms with van der Waals surface area (Å²) in [6, 6.07) is 3.80. The smallest absolute Gasteiger partial charge is 0.477 e. The van der Waals surface area contributed by atoms with E-state index < -0.39 is 23.7 Å². The van der Waals surface area contributed by atoms with Crippen molar-refractivity contribution in [2.24, 2.45) is 0 Å². The molecule has 0 unspecified atom stereocenters. The van der Waals surface area contributed by atoms with Crippen LogP contribution in [0, 0.1) is 10.1 Å². The van der Waals surface area contributed by atoms with Crippen LogP contribution in [0.25, 0.3) is 0 Å². The standard InChI is InChI=1S/C9H8BNO6/c12-9(13)7-2-1-6(5-8(7)11(14)15)10-16-3-4-17-10/h1-2,5H,3-4H2,(H,12,13). The second-order valence-electron chi connectivity index (χ2n) is 3.41. The van der Waals surface area contributed by atoms with Crippen molar-refractivity contribution in [3.63, 3.8) is 0 Å². The number of rotatable bonds is 3. The van der Waals surface area contributed by atoms with Gasteiger partial charge in [-0.1, -0.05) is 6.07 Å². The minimum atomic E-state index is -1.34. The van der Waals surface area contributed by atoms with Crippen molar-refractivity contribution in [3.05, 3.63) is 33.9 Å². The van der Waals surface area contributed by atoms with E-state index in [1.54, 1.807) is 0 Å². The Morgan fingerprint density at radius 2 is 2.06 bits per heavy atom. The monoisotopic (exact) mass is 237 g/mol. The number of aromatic carboxylic acids is 1. The molecular weight excluding hydrogens is 229 g/mol. The molecule has 1 saturated heterocycles. The fourth-order valence-electron chi connectivity index (χ4n) is 1.58. The number of carboxylic acid groups (broad SMARTS) is 1. The van der Waals surface area contributed by atoms with Gasteiger partial charge in [0.2, 0.25) is 0 Å². The van der Waals surface area contributed by atoms with E-state index in [-0.39, 0.29) is 5.56 Å². The van der Waals surface area contributed by atoms with Crippen LogP contribution in [-0.2, 0) is 9.31 Å². The Kier molecular flexibility index (Phi) is 3.07. The molecule has 1 aliphatic heterocycles. The van der Waals surface area contributed by atoms with E-state index in [9.17, 15) is 14.9 Å². The predicted octanol–water partition coefficient (Wildman–Crippen LogP) is 0.0350. The Morgan fingerprint density at radius 3 is 2.59 bits per heavy atom. The van der Waals surface area contributed by atoms with E-state index in [1.165, 1.54) is 18.2 Å². The average molecular weight is 237 g/mol. The zero-order valence-electron chi connectivity index (χ0n) is 8.66. The van der Waals surface area contributed by atoms with Crippen LogP contribution in [0.2, 0.25) is 0 Å². The third kappa shape index (κ3) is 2.27. The molecule has 1 aromatic rings. The van der Waals surface area contributed by atoms with Gasteiger partial charge in [0.15, 0.2) is 0 Å². The molecule has 1 fully saturated rings. The maximum Gasteiger partial charge on any atom is 0.494 e. The van der Waals surface area contributed by atoms with Gasteiger partial charge in [0, 0.05) is 6.07 Å². The lowest BCUT2D eigenvalue weighted by Crippen LogP contribution is -2.32. The summed E-state index contributed by atoms with van der Waals surface area (Å²) in [4.78, 5) is 20.8. The van der Waals surface area contributed by atoms with Crippen molar-refractivity contribution in [1.82, 2.24) is 0 Å². The Bertz CT molecular complexity index is 471. The average Bonchev–Trinajstić information content (AvgIpc) is 2.81. The fourth-order valence-corrected chi connectivity index (χ4v) is 1.58. The highest BCUT2D eigenvalue weighted by molar-refractivity contribution is 6.61. The van der Waals surface area contributed by atoms with Crippen LogP contribution >= 0.6 is 0 Å². The van der Waals surface area contributed by atoms with Gasteiger partial charge < -0.3 is 14.4 Å². The molecular formula is C9H8BNO6. The number of benzene rings is 1. The number of carboxylic acids is 1. The fraction of sp³-hybridized carbons (Fsp3) is 0.222. The first-order chi connectivity index (χ1) is 8.09. The molecule has 0 amide bonds. The maximum atomic E-state index is 10.8. The quantitative estimate of drug-likeness (QED) is 0.452. The van der Waals surface area contributed by atoms with Crippen LogP contribution in [-0.4, -0.2) is 36.3 Å². The predicted molar refractivity (Wildman–Crippen MR) is 57.3 cm³/mol. The maximum absolute atomic E-state index is 10.8. The van der Waals surface area contributed by atoms with E-state index in [4.69, 9.17) is 14.4 Å². The summed E-state index contributed by atoms with van der Waals surface area (Å²) < 4.78 is 10.4. The van der Waals surface area contributed by atoms with Crippen molar-refractivity contribution in [1.29, 1.82) is 0 Å². The minimum Gasteiger partial charge on any atom is -0.477 e.